The van der Waals surface area contributed by atoms with Crippen molar-refractivity contribution in [2.45, 2.75) is 12.6 Å². The third kappa shape index (κ3) is 2.72. The van der Waals surface area contributed by atoms with E-state index in [9.17, 15) is 9.18 Å². The van der Waals surface area contributed by atoms with E-state index >= 15 is 0 Å². The Balaban J connectivity index is 1.57. The minimum Gasteiger partial charge on any atom is -0.496 e. The molecule has 8 heteroatoms. The van der Waals surface area contributed by atoms with Gasteiger partial charge in [-0.3, -0.25) is 4.79 Å². The second-order valence-electron chi connectivity index (χ2n) is 6.94. The van der Waals surface area contributed by atoms with Crippen LogP contribution in [0.5, 0.6) is 5.75 Å². The average Bonchev–Trinajstić information content (AvgIpc) is 3.11. The third-order valence-electron chi connectivity index (χ3n) is 5.16. The number of nitrogens with one attached hydrogen (secondary N) is 1. The fourth-order valence-corrected chi connectivity index (χ4v) is 4.17. The first-order valence-electron chi connectivity index (χ1n) is 8.87. The summed E-state index contributed by atoms with van der Waals surface area (Å²) in [6.07, 6.45) is 0.983. The minimum atomic E-state index is -1.03. The van der Waals surface area contributed by atoms with Gasteiger partial charge in [0.1, 0.15) is 17.7 Å². The van der Waals surface area contributed by atoms with Crippen molar-refractivity contribution in [3.8, 4) is 17.0 Å². The molecule has 6 nitrogen and oxygen atoms in total. The van der Waals surface area contributed by atoms with E-state index in [2.05, 4.69) is 21.4 Å². The molecule has 1 aliphatic carbocycles. The number of benzene rings is 1. The van der Waals surface area contributed by atoms with Gasteiger partial charge in [-0.05, 0) is 24.6 Å². The Morgan fingerprint density at radius 1 is 1.32 bits per heavy atom. The van der Waals surface area contributed by atoms with Crippen molar-refractivity contribution in [1.29, 1.82) is 0 Å². The number of ether oxygens (including phenoxy) is 1. The average molecular weight is 396 g/mol. The summed E-state index contributed by atoms with van der Waals surface area (Å²) >= 11 is 1.58. The molecular weight excluding hydrogens is 379 g/mol. The normalized spacial score (nSPS) is 18.5. The van der Waals surface area contributed by atoms with E-state index in [4.69, 9.17) is 4.74 Å². The van der Waals surface area contributed by atoms with Gasteiger partial charge in [0.15, 0.2) is 0 Å². The number of methoxy groups -OCH3 is 1. The fourth-order valence-electron chi connectivity index (χ4n) is 3.47. The molecule has 0 radical (unpaired) electrons. The number of amides is 1. The molecular formula is C20H17FN4O2S. The van der Waals surface area contributed by atoms with Gasteiger partial charge in [-0.2, -0.15) is 0 Å². The summed E-state index contributed by atoms with van der Waals surface area (Å²) in [6, 6.07) is 7.85. The van der Waals surface area contributed by atoms with Crippen LogP contribution in [0.4, 0.5) is 10.2 Å². The Bertz CT molecular complexity index is 1230. The molecule has 2 atom stereocenters. The lowest BCUT2D eigenvalue weighted by Gasteiger charge is -2.10. The standard InChI is InChI=1S/C20H17FN4O2S/c1-25-15(12-6-18-14(23-9-28-18)7-17(12)27-2)3-10-4-19(22-8-16(10)25)24-20(26)11-5-13(11)21/h3-4,6-9,11,13H,5H2,1-2H3,(H,22,24,26)/t11-,13+/m1/s1. The Morgan fingerprint density at radius 3 is 2.89 bits per heavy atom. The fraction of sp³-hybridized carbons (Fsp3) is 0.250. The number of hydrogen-bond donors (Lipinski definition) is 1. The summed E-state index contributed by atoms with van der Waals surface area (Å²) < 4.78 is 21.8. The number of nitrogens with zero attached hydrogens (tertiary/aromatic N) is 3. The van der Waals surface area contributed by atoms with Crippen LogP contribution in [0.15, 0.2) is 36.0 Å². The van der Waals surface area contributed by atoms with E-state index in [1.807, 2.05) is 35.3 Å². The number of rotatable bonds is 4. The highest BCUT2D eigenvalue weighted by atomic mass is 32.1. The molecule has 0 aliphatic heterocycles. The van der Waals surface area contributed by atoms with Crippen molar-refractivity contribution in [1.82, 2.24) is 14.5 Å². The molecule has 1 fully saturated rings. The molecule has 0 saturated heterocycles. The van der Waals surface area contributed by atoms with Crippen molar-refractivity contribution in [2.24, 2.45) is 13.0 Å². The Kier molecular flexibility index (Phi) is 3.83. The van der Waals surface area contributed by atoms with Crippen LogP contribution in [0, 0.1) is 5.92 Å². The van der Waals surface area contributed by atoms with Crippen molar-refractivity contribution in [2.75, 3.05) is 12.4 Å². The molecule has 1 saturated carbocycles. The quantitative estimate of drug-likeness (QED) is 0.563. The molecule has 0 spiro atoms. The summed E-state index contributed by atoms with van der Waals surface area (Å²) in [5, 5.41) is 3.64. The molecule has 1 N–H and O–H groups in total. The SMILES string of the molecule is COc1cc2ncsc2cc1-c1cc2cc(NC(=O)[C@@H]3C[C@@H]3F)ncc2n1C. The number of fused-ring (bicyclic) bond motifs is 2. The van der Waals surface area contributed by atoms with Crippen molar-refractivity contribution < 1.29 is 13.9 Å². The van der Waals surface area contributed by atoms with Crippen molar-refractivity contribution in [3.63, 3.8) is 0 Å². The van der Waals surface area contributed by atoms with Gasteiger partial charge in [0.25, 0.3) is 0 Å². The Labute approximate surface area is 164 Å². The first-order valence-corrected chi connectivity index (χ1v) is 9.75. The number of pyridine rings is 1. The number of alkyl halides is 1. The largest absolute Gasteiger partial charge is 0.496 e. The molecule has 3 heterocycles. The molecule has 1 amide bonds. The molecule has 0 bridgehead atoms. The van der Waals surface area contributed by atoms with E-state index < -0.39 is 12.1 Å². The van der Waals surface area contributed by atoms with Crippen LogP contribution in [0.25, 0.3) is 32.4 Å². The zero-order valence-corrected chi connectivity index (χ0v) is 16.1. The van der Waals surface area contributed by atoms with Crippen LogP contribution in [-0.4, -0.2) is 33.7 Å². The molecule has 1 aliphatic rings. The maximum atomic E-state index is 13.1. The van der Waals surface area contributed by atoms with E-state index in [0.717, 1.165) is 38.1 Å². The first-order chi connectivity index (χ1) is 13.5. The van der Waals surface area contributed by atoms with Crippen molar-refractivity contribution >= 4 is 44.2 Å². The van der Waals surface area contributed by atoms with Crippen LogP contribution in [-0.2, 0) is 11.8 Å². The maximum Gasteiger partial charge on any atom is 0.231 e. The second kappa shape index (κ2) is 6.27. The number of carbonyl (C=O) groups excluding carboxylic acids is 1. The first kappa shape index (κ1) is 17.1. The summed E-state index contributed by atoms with van der Waals surface area (Å²) in [5.74, 6) is 0.319. The maximum absolute atomic E-state index is 13.1. The van der Waals surface area contributed by atoms with Crippen LogP contribution < -0.4 is 10.1 Å². The summed E-state index contributed by atoms with van der Waals surface area (Å²) in [5.41, 5.74) is 5.58. The van der Waals surface area contributed by atoms with Crippen LogP contribution in [0.1, 0.15) is 6.42 Å². The highest BCUT2D eigenvalue weighted by Crippen LogP contribution is 2.38. The number of halogens is 1. The zero-order valence-electron chi connectivity index (χ0n) is 15.3. The zero-order chi connectivity index (χ0) is 19.4. The predicted molar refractivity (Wildman–Crippen MR) is 108 cm³/mol. The van der Waals surface area contributed by atoms with Crippen LogP contribution in [0.3, 0.4) is 0 Å². The molecule has 28 heavy (non-hydrogen) atoms. The van der Waals surface area contributed by atoms with Crippen molar-refractivity contribution in [3.05, 3.63) is 36.0 Å². The lowest BCUT2D eigenvalue weighted by molar-refractivity contribution is -0.117. The smallest absolute Gasteiger partial charge is 0.231 e. The van der Waals surface area contributed by atoms with Gasteiger partial charge in [0, 0.05) is 24.1 Å². The third-order valence-corrected chi connectivity index (χ3v) is 5.95. The predicted octanol–water partition coefficient (Wildman–Crippen LogP) is 4.16. The molecule has 0 unspecified atom stereocenters. The highest BCUT2D eigenvalue weighted by molar-refractivity contribution is 7.16. The van der Waals surface area contributed by atoms with Gasteiger partial charge in [0.05, 0.1) is 46.2 Å². The monoisotopic (exact) mass is 396 g/mol. The van der Waals surface area contributed by atoms with E-state index in [0.29, 0.717) is 12.2 Å². The summed E-state index contributed by atoms with van der Waals surface area (Å²) in [7, 11) is 3.61. The van der Waals surface area contributed by atoms with Gasteiger partial charge in [0.2, 0.25) is 5.91 Å². The summed E-state index contributed by atoms with van der Waals surface area (Å²) in [4.78, 5) is 20.6. The Morgan fingerprint density at radius 2 is 2.14 bits per heavy atom. The molecule has 1 aromatic carbocycles. The van der Waals surface area contributed by atoms with Gasteiger partial charge in [-0.1, -0.05) is 0 Å². The van der Waals surface area contributed by atoms with Crippen LogP contribution in [0.2, 0.25) is 0 Å². The van der Waals surface area contributed by atoms with Gasteiger partial charge < -0.3 is 14.6 Å². The number of thiazole rings is 1. The second-order valence-corrected chi connectivity index (χ2v) is 7.82. The number of anilines is 1. The molecule has 4 aromatic rings. The highest BCUT2D eigenvalue weighted by Gasteiger charge is 2.43. The number of aromatic nitrogens is 3. The van der Waals surface area contributed by atoms with Gasteiger partial charge in [-0.15, -0.1) is 11.3 Å². The van der Waals surface area contributed by atoms with Gasteiger partial charge >= 0.3 is 0 Å². The van der Waals surface area contributed by atoms with E-state index in [1.54, 1.807) is 24.6 Å². The number of aryl methyl sites for hydroxylation is 1. The minimum absolute atomic E-state index is 0.295. The topological polar surface area (TPSA) is 69.0 Å². The number of hydrogen-bond acceptors (Lipinski definition) is 5. The molecule has 3 aromatic heterocycles. The van der Waals surface area contributed by atoms with E-state index in [1.165, 1.54) is 0 Å². The van der Waals surface area contributed by atoms with E-state index in [-0.39, 0.29) is 5.91 Å². The lowest BCUT2D eigenvalue weighted by Crippen LogP contribution is -2.15. The Hall–Kier alpha value is -3.00. The molecule has 5 rings (SSSR count). The summed E-state index contributed by atoms with van der Waals surface area (Å²) in [6.45, 7) is 0. The van der Waals surface area contributed by atoms with Gasteiger partial charge in [-0.25, -0.2) is 14.4 Å². The number of carbonyl (C=O) groups is 1. The lowest BCUT2D eigenvalue weighted by atomic mass is 10.1. The molecule has 142 valence electrons. The van der Waals surface area contributed by atoms with Crippen LogP contribution >= 0.6 is 11.3 Å².